The zero-order valence-electron chi connectivity index (χ0n) is 49.6. The monoisotopic (exact) mass is 1150 g/mol. The fourth-order valence-corrected chi connectivity index (χ4v) is 18.8. The first kappa shape index (κ1) is 49.4. The molecule has 420 valence electrons. The molecule has 91 heavy (non-hydrogen) atoms. The highest BCUT2D eigenvalue weighted by Gasteiger charge is 2.55. The van der Waals surface area contributed by atoms with Gasteiger partial charge < -0.3 is 9.80 Å². The first-order valence-electron chi connectivity index (χ1n) is 32.0. The molecule has 3 spiro atoms. The molecule has 15 aromatic rings. The second-order valence-electron chi connectivity index (χ2n) is 25.5. The lowest BCUT2D eigenvalue weighted by molar-refractivity contribution is 0.753. The molecule has 0 amide bonds. The molecular formula is C89H54N2. The summed E-state index contributed by atoms with van der Waals surface area (Å²) < 4.78 is 0. The first-order chi connectivity index (χ1) is 45.2. The minimum atomic E-state index is -0.551. The van der Waals surface area contributed by atoms with Crippen molar-refractivity contribution in [2.24, 2.45) is 0 Å². The fourth-order valence-electron chi connectivity index (χ4n) is 18.8. The highest BCUT2D eigenvalue weighted by atomic mass is 15.2. The van der Waals surface area contributed by atoms with E-state index in [9.17, 15) is 0 Å². The van der Waals surface area contributed by atoms with Crippen molar-refractivity contribution in [3.05, 3.63) is 394 Å². The molecule has 0 atom stereocenters. The van der Waals surface area contributed by atoms with Crippen LogP contribution in [0.1, 0.15) is 66.8 Å². The second kappa shape index (κ2) is 17.8. The van der Waals surface area contributed by atoms with Crippen LogP contribution in [0.15, 0.2) is 328 Å². The van der Waals surface area contributed by atoms with Gasteiger partial charge in [-0.15, -0.1) is 0 Å². The lowest BCUT2D eigenvalue weighted by Gasteiger charge is -2.45. The van der Waals surface area contributed by atoms with Crippen molar-refractivity contribution < 1.29 is 0 Å². The van der Waals surface area contributed by atoms with Crippen LogP contribution in [0.3, 0.4) is 0 Å². The minimum Gasteiger partial charge on any atom is -0.309 e. The number of fused-ring (bicyclic) bond motifs is 30. The highest BCUT2D eigenvalue weighted by Crippen LogP contribution is 2.68. The molecule has 0 N–H and O–H groups in total. The predicted molar refractivity (Wildman–Crippen MR) is 374 cm³/mol. The van der Waals surface area contributed by atoms with Crippen molar-refractivity contribution in [2.45, 2.75) is 16.2 Å². The lowest BCUT2D eigenvalue weighted by Crippen LogP contribution is -2.36. The summed E-state index contributed by atoms with van der Waals surface area (Å²) in [5, 5.41) is 4.75. The van der Waals surface area contributed by atoms with E-state index >= 15 is 0 Å². The van der Waals surface area contributed by atoms with E-state index in [1.165, 1.54) is 167 Å². The van der Waals surface area contributed by atoms with Crippen LogP contribution in [-0.4, -0.2) is 0 Å². The highest BCUT2D eigenvalue weighted by molar-refractivity contribution is 6.22. The normalized spacial score (nSPS) is 15.0. The summed E-state index contributed by atoms with van der Waals surface area (Å²) in [6, 6.07) is 125. The summed E-state index contributed by atoms with van der Waals surface area (Å²) >= 11 is 0. The smallest absolute Gasteiger partial charge is 0.0754 e. The van der Waals surface area contributed by atoms with E-state index in [2.05, 4.69) is 337 Å². The number of hydrogen-bond donors (Lipinski definition) is 0. The molecule has 0 saturated heterocycles. The molecule has 15 aromatic carbocycles. The van der Waals surface area contributed by atoms with Crippen LogP contribution in [0, 0.1) is 0 Å². The van der Waals surface area contributed by atoms with E-state index in [0.29, 0.717) is 0 Å². The van der Waals surface area contributed by atoms with E-state index in [-0.39, 0.29) is 0 Å². The van der Waals surface area contributed by atoms with E-state index < -0.39 is 16.2 Å². The zero-order chi connectivity index (χ0) is 59.3. The van der Waals surface area contributed by atoms with Crippen molar-refractivity contribution in [1.82, 2.24) is 0 Å². The summed E-state index contributed by atoms with van der Waals surface area (Å²) in [5.74, 6) is 0. The van der Waals surface area contributed by atoms with Crippen LogP contribution in [0.4, 0.5) is 34.1 Å². The molecule has 21 rings (SSSR count). The van der Waals surface area contributed by atoms with Crippen LogP contribution in [0.5, 0.6) is 0 Å². The Bertz CT molecular complexity index is 5240. The van der Waals surface area contributed by atoms with Crippen LogP contribution in [-0.2, 0) is 16.2 Å². The molecule has 0 unspecified atom stereocenters. The van der Waals surface area contributed by atoms with Crippen molar-refractivity contribution in [3.8, 4) is 55.6 Å². The molecule has 4 aliphatic carbocycles. The third-order valence-electron chi connectivity index (χ3n) is 21.9. The second-order valence-corrected chi connectivity index (χ2v) is 25.5. The average molecular weight is 1150 g/mol. The van der Waals surface area contributed by atoms with E-state index in [1.807, 2.05) is 0 Å². The molecule has 2 aliphatic heterocycles. The summed E-state index contributed by atoms with van der Waals surface area (Å²) in [7, 11) is 0. The van der Waals surface area contributed by atoms with Gasteiger partial charge in [0.2, 0.25) is 0 Å². The Morgan fingerprint density at radius 3 is 0.725 bits per heavy atom. The van der Waals surface area contributed by atoms with Gasteiger partial charge in [0.15, 0.2) is 0 Å². The predicted octanol–water partition coefficient (Wildman–Crippen LogP) is 22.3. The van der Waals surface area contributed by atoms with Gasteiger partial charge in [-0.05, 0) is 176 Å². The van der Waals surface area contributed by atoms with E-state index in [4.69, 9.17) is 0 Å². The van der Waals surface area contributed by atoms with Crippen molar-refractivity contribution >= 4 is 55.7 Å². The Morgan fingerprint density at radius 1 is 0.154 bits per heavy atom. The molecular weight excluding hydrogens is 1100 g/mol. The molecule has 0 radical (unpaired) electrons. The van der Waals surface area contributed by atoms with Gasteiger partial charge in [-0.2, -0.15) is 0 Å². The van der Waals surface area contributed by atoms with Gasteiger partial charge in [-0.25, -0.2) is 0 Å². The standard InChI is InChI=1S/C89H54N2/c1-8-36-67-55(26-1)56-27-2-9-37-68(56)87(67)73-42-14-7-32-63(73)86-64(35-23-47-78(86)87)85-61-33-24-52-79(90-81-48-19-15-43-74(81)88(75-44-16-20-49-82(75)90)69-38-10-3-28-57(69)58-29-4-11-39-70(58)88)65(61)54-66-62(85)34-25-53-80(66)91-83-50-21-17-45-76(83)89(77-46-18-22-51-84(77)91)71-40-12-5-30-59(71)60-31-6-13-41-72(60)89/h1-54H. The Balaban J connectivity index is 0.887. The van der Waals surface area contributed by atoms with Crippen molar-refractivity contribution in [3.63, 3.8) is 0 Å². The van der Waals surface area contributed by atoms with Crippen LogP contribution in [0.25, 0.3) is 77.2 Å². The summed E-state index contributed by atoms with van der Waals surface area (Å²) in [4.78, 5) is 5.22. The number of nitrogens with zero attached hydrogens (tertiary/aromatic N) is 2. The van der Waals surface area contributed by atoms with Gasteiger partial charge in [0.25, 0.3) is 0 Å². The SMILES string of the molecule is c1ccc2c(c1)-c1ccccc1C21c2ccccc2N(c2cccc3c(-c4cccc5c4-c4ccccc4C54c5ccccc5-c5ccccc54)c4cccc(N5c6ccccc6C6(c7ccccc7-c7ccccc76)c6ccccc65)c4cc23)c2ccccc21. The Morgan fingerprint density at radius 2 is 0.385 bits per heavy atom. The Kier molecular flexibility index (Phi) is 9.67. The van der Waals surface area contributed by atoms with Crippen molar-refractivity contribution in [1.29, 1.82) is 0 Å². The first-order valence-corrected chi connectivity index (χ1v) is 32.0. The maximum atomic E-state index is 2.61. The van der Waals surface area contributed by atoms with Gasteiger partial charge >= 0.3 is 0 Å². The lowest BCUT2D eigenvalue weighted by atomic mass is 9.64. The molecule has 2 heterocycles. The van der Waals surface area contributed by atoms with Gasteiger partial charge in [-0.1, -0.05) is 285 Å². The minimum absolute atomic E-state index is 0.519. The van der Waals surface area contributed by atoms with Crippen LogP contribution >= 0.6 is 0 Å². The summed E-state index contributed by atoms with van der Waals surface area (Å²) in [6.07, 6.45) is 0. The fraction of sp³-hybridized carbons (Fsp3) is 0.0337. The molecule has 6 aliphatic rings. The molecule has 0 fully saturated rings. The number of para-hydroxylation sites is 4. The van der Waals surface area contributed by atoms with E-state index in [1.54, 1.807) is 0 Å². The van der Waals surface area contributed by atoms with Gasteiger partial charge in [0, 0.05) is 10.8 Å². The molecule has 0 aromatic heterocycles. The Hall–Kier alpha value is -11.6. The zero-order valence-corrected chi connectivity index (χ0v) is 49.6. The topological polar surface area (TPSA) is 6.48 Å². The van der Waals surface area contributed by atoms with Gasteiger partial charge in [0.05, 0.1) is 50.4 Å². The third-order valence-corrected chi connectivity index (χ3v) is 21.9. The number of anilines is 6. The Labute approximate surface area is 528 Å². The maximum absolute atomic E-state index is 2.61. The third kappa shape index (κ3) is 5.87. The molecule has 2 nitrogen and oxygen atoms in total. The summed E-state index contributed by atoms with van der Waals surface area (Å²) in [6.45, 7) is 0. The quantitative estimate of drug-likeness (QED) is 0.163. The average Bonchev–Trinajstić information content (AvgIpc) is 1.69. The molecule has 2 heteroatoms. The van der Waals surface area contributed by atoms with Gasteiger partial charge in [0.1, 0.15) is 0 Å². The van der Waals surface area contributed by atoms with Crippen LogP contribution in [0.2, 0.25) is 0 Å². The largest absolute Gasteiger partial charge is 0.309 e. The molecule has 0 bridgehead atoms. The number of rotatable bonds is 3. The molecule has 0 saturated carbocycles. The van der Waals surface area contributed by atoms with Crippen LogP contribution < -0.4 is 9.80 Å². The maximum Gasteiger partial charge on any atom is 0.0754 e. The number of benzene rings is 15. The number of hydrogen-bond acceptors (Lipinski definition) is 2. The summed E-state index contributed by atoms with van der Waals surface area (Å²) in [5.41, 5.74) is 33.8. The van der Waals surface area contributed by atoms with Gasteiger partial charge in [-0.3, -0.25) is 0 Å². The van der Waals surface area contributed by atoms with Crippen molar-refractivity contribution in [2.75, 3.05) is 9.80 Å². The van der Waals surface area contributed by atoms with E-state index in [0.717, 1.165) is 11.4 Å².